The van der Waals surface area contributed by atoms with Crippen LogP contribution >= 0.6 is 0 Å². The van der Waals surface area contributed by atoms with Crippen LogP contribution in [0, 0.1) is 0 Å². The SMILES string of the molecule is NCCCc1nnnc(C(=O)O)c1C(=O)O. The molecule has 0 amide bonds. The summed E-state index contributed by atoms with van der Waals surface area (Å²) in [5.41, 5.74) is 4.34. The van der Waals surface area contributed by atoms with Gasteiger partial charge in [-0.1, -0.05) is 0 Å². The van der Waals surface area contributed by atoms with Crippen LogP contribution in [-0.4, -0.2) is 44.1 Å². The molecule has 86 valence electrons. The molecule has 0 aliphatic rings. The van der Waals surface area contributed by atoms with Crippen molar-refractivity contribution >= 4 is 11.9 Å². The molecule has 16 heavy (non-hydrogen) atoms. The lowest BCUT2D eigenvalue weighted by molar-refractivity contribution is 0.0642. The second-order valence-electron chi connectivity index (χ2n) is 2.96. The lowest BCUT2D eigenvalue weighted by Crippen LogP contribution is -2.17. The van der Waals surface area contributed by atoms with E-state index in [0.717, 1.165) is 0 Å². The number of aryl methyl sites for hydroxylation is 1. The molecule has 0 radical (unpaired) electrons. The summed E-state index contributed by atoms with van der Waals surface area (Å²) in [7, 11) is 0. The Labute approximate surface area is 90.1 Å². The zero-order valence-electron chi connectivity index (χ0n) is 8.25. The van der Waals surface area contributed by atoms with Crippen LogP contribution in [0.4, 0.5) is 0 Å². The molecule has 0 spiro atoms. The van der Waals surface area contributed by atoms with Crippen LogP contribution < -0.4 is 5.73 Å². The first-order valence-electron chi connectivity index (χ1n) is 4.46. The van der Waals surface area contributed by atoms with Crippen molar-refractivity contribution in [2.75, 3.05) is 6.54 Å². The van der Waals surface area contributed by atoms with Gasteiger partial charge < -0.3 is 15.9 Å². The maximum atomic E-state index is 10.9. The summed E-state index contributed by atoms with van der Waals surface area (Å²) in [4.78, 5) is 21.6. The minimum absolute atomic E-state index is 0.0883. The van der Waals surface area contributed by atoms with Crippen LogP contribution in [0.5, 0.6) is 0 Å². The van der Waals surface area contributed by atoms with Crippen LogP contribution in [0.15, 0.2) is 0 Å². The number of nitrogens with two attached hydrogens (primary N) is 1. The Balaban J connectivity index is 3.21. The zero-order valence-corrected chi connectivity index (χ0v) is 8.25. The number of nitrogens with zero attached hydrogens (tertiary/aromatic N) is 3. The Kier molecular flexibility index (Phi) is 3.84. The molecular weight excluding hydrogens is 216 g/mol. The van der Waals surface area contributed by atoms with Gasteiger partial charge in [-0.25, -0.2) is 9.59 Å². The molecule has 1 aromatic rings. The largest absolute Gasteiger partial charge is 0.478 e. The van der Waals surface area contributed by atoms with E-state index in [4.69, 9.17) is 15.9 Å². The van der Waals surface area contributed by atoms with Gasteiger partial charge in [0.15, 0.2) is 5.69 Å². The summed E-state index contributed by atoms with van der Waals surface area (Å²) < 4.78 is 0. The lowest BCUT2D eigenvalue weighted by Gasteiger charge is -2.04. The van der Waals surface area contributed by atoms with Gasteiger partial charge >= 0.3 is 11.9 Å². The normalized spacial score (nSPS) is 10.1. The Hall–Kier alpha value is -2.09. The molecule has 0 atom stereocenters. The van der Waals surface area contributed by atoms with Crippen molar-refractivity contribution in [3.63, 3.8) is 0 Å². The van der Waals surface area contributed by atoms with Crippen LogP contribution in [0.25, 0.3) is 0 Å². The van der Waals surface area contributed by atoms with Crippen LogP contribution in [0.2, 0.25) is 0 Å². The summed E-state index contributed by atoms with van der Waals surface area (Å²) >= 11 is 0. The first kappa shape index (κ1) is 12.0. The second-order valence-corrected chi connectivity index (χ2v) is 2.96. The fourth-order valence-electron chi connectivity index (χ4n) is 1.18. The van der Waals surface area contributed by atoms with Gasteiger partial charge in [0.05, 0.1) is 5.69 Å². The molecule has 8 nitrogen and oxygen atoms in total. The number of rotatable bonds is 5. The predicted molar refractivity (Wildman–Crippen MR) is 51.1 cm³/mol. The second kappa shape index (κ2) is 5.12. The van der Waals surface area contributed by atoms with E-state index < -0.39 is 23.2 Å². The van der Waals surface area contributed by atoms with Crippen molar-refractivity contribution < 1.29 is 19.8 Å². The van der Waals surface area contributed by atoms with Crippen molar-refractivity contribution in [2.45, 2.75) is 12.8 Å². The maximum absolute atomic E-state index is 10.9. The van der Waals surface area contributed by atoms with E-state index >= 15 is 0 Å². The molecule has 0 aliphatic heterocycles. The molecule has 0 saturated carbocycles. The standard InChI is InChI=1S/C8H10N4O4/c9-3-1-2-4-5(7(13)14)6(8(15)16)11-12-10-4/h1-3,9H2,(H,13,14)(H,15,16). The predicted octanol–water partition coefficient (Wildman–Crippen LogP) is -0.841. The Morgan fingerprint density at radius 1 is 1.19 bits per heavy atom. The summed E-state index contributed by atoms with van der Waals surface area (Å²) in [6.07, 6.45) is 0.756. The van der Waals surface area contributed by atoms with Gasteiger partial charge in [-0.2, -0.15) is 0 Å². The topological polar surface area (TPSA) is 139 Å². The van der Waals surface area contributed by atoms with Crippen molar-refractivity contribution in [1.29, 1.82) is 0 Å². The summed E-state index contributed by atoms with van der Waals surface area (Å²) in [5.74, 6) is -2.83. The summed E-state index contributed by atoms with van der Waals surface area (Å²) in [6, 6.07) is 0. The highest BCUT2D eigenvalue weighted by Crippen LogP contribution is 2.11. The third-order valence-electron chi connectivity index (χ3n) is 1.87. The molecule has 0 unspecified atom stereocenters. The third kappa shape index (κ3) is 2.48. The van der Waals surface area contributed by atoms with Gasteiger partial charge in [-0.3, -0.25) is 0 Å². The molecular formula is C8H10N4O4. The first-order chi connectivity index (χ1) is 7.57. The number of carbonyl (C=O) groups is 2. The quantitative estimate of drug-likeness (QED) is 0.590. The highest BCUT2D eigenvalue weighted by molar-refractivity contribution is 6.00. The van der Waals surface area contributed by atoms with E-state index in [1.54, 1.807) is 0 Å². The van der Waals surface area contributed by atoms with Gasteiger partial charge in [0.2, 0.25) is 0 Å². The monoisotopic (exact) mass is 226 g/mol. The highest BCUT2D eigenvalue weighted by Gasteiger charge is 2.23. The van der Waals surface area contributed by atoms with Crippen molar-refractivity contribution in [3.8, 4) is 0 Å². The average molecular weight is 226 g/mol. The van der Waals surface area contributed by atoms with E-state index in [2.05, 4.69) is 15.4 Å². The number of aromatic nitrogens is 3. The molecule has 0 aliphatic carbocycles. The molecule has 0 aromatic carbocycles. The minimum Gasteiger partial charge on any atom is -0.478 e. The molecule has 0 saturated heterocycles. The van der Waals surface area contributed by atoms with Gasteiger partial charge in [-0.05, 0) is 24.6 Å². The van der Waals surface area contributed by atoms with Crippen molar-refractivity contribution in [3.05, 3.63) is 17.0 Å². The number of aromatic carboxylic acids is 2. The average Bonchev–Trinajstić information content (AvgIpc) is 2.25. The number of carboxylic acid groups (broad SMARTS) is 2. The highest BCUT2D eigenvalue weighted by atomic mass is 16.4. The summed E-state index contributed by atoms with van der Waals surface area (Å²) in [5, 5.41) is 27.6. The van der Waals surface area contributed by atoms with Crippen molar-refractivity contribution in [1.82, 2.24) is 15.4 Å². The molecule has 1 rings (SSSR count). The van der Waals surface area contributed by atoms with Gasteiger partial charge in [0.25, 0.3) is 0 Å². The van der Waals surface area contributed by atoms with Crippen LogP contribution in [-0.2, 0) is 6.42 Å². The van der Waals surface area contributed by atoms with Gasteiger partial charge in [0.1, 0.15) is 5.56 Å². The zero-order chi connectivity index (χ0) is 12.1. The lowest BCUT2D eigenvalue weighted by atomic mass is 10.1. The molecule has 1 heterocycles. The fraction of sp³-hybridized carbons (Fsp3) is 0.375. The van der Waals surface area contributed by atoms with E-state index in [1.165, 1.54) is 0 Å². The van der Waals surface area contributed by atoms with Crippen LogP contribution in [0.1, 0.15) is 33.0 Å². The Bertz CT molecular complexity index is 420. The van der Waals surface area contributed by atoms with Gasteiger partial charge in [-0.15, -0.1) is 10.2 Å². The smallest absolute Gasteiger partial charge is 0.357 e. The molecule has 0 fully saturated rings. The first-order valence-corrected chi connectivity index (χ1v) is 4.46. The van der Waals surface area contributed by atoms with E-state index in [1.807, 2.05) is 0 Å². The Morgan fingerprint density at radius 3 is 2.38 bits per heavy atom. The number of carboxylic acids is 2. The fourth-order valence-corrected chi connectivity index (χ4v) is 1.18. The van der Waals surface area contributed by atoms with E-state index in [0.29, 0.717) is 13.0 Å². The summed E-state index contributed by atoms with van der Waals surface area (Å²) in [6.45, 7) is 0.353. The molecule has 4 N–H and O–H groups in total. The maximum Gasteiger partial charge on any atom is 0.357 e. The molecule has 8 heteroatoms. The number of hydrogen-bond acceptors (Lipinski definition) is 6. The van der Waals surface area contributed by atoms with E-state index in [-0.39, 0.29) is 12.1 Å². The van der Waals surface area contributed by atoms with Crippen molar-refractivity contribution in [2.24, 2.45) is 5.73 Å². The van der Waals surface area contributed by atoms with E-state index in [9.17, 15) is 9.59 Å². The molecule has 0 bridgehead atoms. The number of hydrogen-bond donors (Lipinski definition) is 3. The Morgan fingerprint density at radius 2 is 1.88 bits per heavy atom. The third-order valence-corrected chi connectivity index (χ3v) is 1.87. The van der Waals surface area contributed by atoms with Gasteiger partial charge in [0, 0.05) is 0 Å². The van der Waals surface area contributed by atoms with Crippen LogP contribution in [0.3, 0.4) is 0 Å². The minimum atomic E-state index is -1.44. The molecule has 1 aromatic heterocycles.